The average molecular weight is 354 g/mol. The largest absolute Gasteiger partial charge is 0.356 e. The fourth-order valence-electron chi connectivity index (χ4n) is 3.37. The van der Waals surface area contributed by atoms with E-state index in [1.54, 1.807) is 0 Å². The molecular formula is C15H20BrN3O2. The van der Waals surface area contributed by atoms with Crippen molar-refractivity contribution >= 4 is 27.7 Å². The number of aromatic nitrogens is 1. The molecular weight excluding hydrogens is 334 g/mol. The zero-order valence-corrected chi connectivity index (χ0v) is 13.8. The van der Waals surface area contributed by atoms with Gasteiger partial charge in [-0.15, -0.1) is 0 Å². The number of halogens is 1. The first kappa shape index (κ1) is 14.6. The van der Waals surface area contributed by atoms with Crippen LogP contribution in [0, 0.1) is 5.41 Å². The number of nitrogens with zero attached hydrogens (tertiary/aromatic N) is 2. The van der Waals surface area contributed by atoms with E-state index in [4.69, 9.17) is 0 Å². The van der Waals surface area contributed by atoms with Crippen molar-refractivity contribution in [3.8, 4) is 0 Å². The minimum atomic E-state index is 0.0845. The molecule has 0 saturated carbocycles. The highest BCUT2D eigenvalue weighted by Crippen LogP contribution is 2.37. The lowest BCUT2D eigenvalue weighted by Gasteiger charge is -2.38. The van der Waals surface area contributed by atoms with E-state index in [1.165, 1.54) is 0 Å². The maximum absolute atomic E-state index is 12.7. The average Bonchev–Trinajstić information content (AvgIpc) is 3.02. The van der Waals surface area contributed by atoms with Crippen LogP contribution in [0.5, 0.6) is 0 Å². The molecule has 3 heterocycles. The first-order valence-corrected chi connectivity index (χ1v) is 8.24. The topological polar surface area (TPSA) is 54.3 Å². The van der Waals surface area contributed by atoms with E-state index in [2.05, 4.69) is 21.2 Å². The summed E-state index contributed by atoms with van der Waals surface area (Å²) in [6.07, 6.45) is 4.38. The van der Waals surface area contributed by atoms with Gasteiger partial charge < -0.3 is 14.8 Å². The van der Waals surface area contributed by atoms with Crippen molar-refractivity contribution in [1.29, 1.82) is 0 Å². The number of hydrogen-bond acceptors (Lipinski definition) is 2. The Balaban J connectivity index is 1.69. The van der Waals surface area contributed by atoms with Crippen molar-refractivity contribution in [1.82, 2.24) is 14.8 Å². The Bertz CT molecular complexity index is 573. The molecule has 0 atom stereocenters. The van der Waals surface area contributed by atoms with Gasteiger partial charge in [0.1, 0.15) is 5.69 Å². The maximum Gasteiger partial charge on any atom is 0.270 e. The van der Waals surface area contributed by atoms with Gasteiger partial charge in [-0.3, -0.25) is 9.59 Å². The van der Waals surface area contributed by atoms with Crippen LogP contribution >= 0.6 is 15.9 Å². The van der Waals surface area contributed by atoms with E-state index < -0.39 is 0 Å². The summed E-state index contributed by atoms with van der Waals surface area (Å²) in [5.74, 6) is 0.244. The Hall–Kier alpha value is -1.30. The zero-order chi connectivity index (χ0) is 15.0. The number of carbonyl (C=O) groups is 2. The van der Waals surface area contributed by atoms with Crippen molar-refractivity contribution in [3.63, 3.8) is 0 Å². The van der Waals surface area contributed by atoms with Crippen LogP contribution < -0.4 is 5.32 Å². The molecule has 2 saturated heterocycles. The van der Waals surface area contributed by atoms with Crippen LogP contribution in [0.15, 0.2) is 16.7 Å². The summed E-state index contributed by atoms with van der Waals surface area (Å²) in [5, 5.41) is 2.92. The van der Waals surface area contributed by atoms with Crippen molar-refractivity contribution in [2.24, 2.45) is 5.41 Å². The molecule has 0 bridgehead atoms. The second-order valence-corrected chi connectivity index (χ2v) is 6.99. The van der Waals surface area contributed by atoms with Crippen LogP contribution in [0.25, 0.3) is 0 Å². The van der Waals surface area contributed by atoms with Crippen molar-refractivity contribution in [3.05, 3.63) is 22.4 Å². The normalized spacial score (nSPS) is 20.9. The van der Waals surface area contributed by atoms with Crippen molar-refractivity contribution in [2.75, 3.05) is 19.6 Å². The fourth-order valence-corrected chi connectivity index (χ4v) is 3.83. The second kappa shape index (κ2) is 5.48. The van der Waals surface area contributed by atoms with Crippen molar-refractivity contribution in [2.45, 2.75) is 32.7 Å². The second-order valence-electron chi connectivity index (χ2n) is 6.08. The van der Waals surface area contributed by atoms with Crippen LogP contribution in [0.4, 0.5) is 0 Å². The smallest absolute Gasteiger partial charge is 0.270 e. The number of rotatable bonds is 2. The highest BCUT2D eigenvalue weighted by molar-refractivity contribution is 9.10. The molecule has 1 N–H and O–H groups in total. The Morgan fingerprint density at radius 3 is 2.71 bits per heavy atom. The number of hydrogen-bond donors (Lipinski definition) is 1. The summed E-state index contributed by atoms with van der Waals surface area (Å²) < 4.78 is 2.91. The summed E-state index contributed by atoms with van der Waals surface area (Å²) in [5.41, 5.74) is 0.822. The van der Waals surface area contributed by atoms with Crippen LogP contribution in [0.3, 0.4) is 0 Å². The minimum absolute atomic E-state index is 0.0845. The zero-order valence-electron chi connectivity index (χ0n) is 12.2. The highest BCUT2D eigenvalue weighted by atomic mass is 79.9. The first-order chi connectivity index (χ1) is 10.0. The highest BCUT2D eigenvalue weighted by Gasteiger charge is 2.41. The van der Waals surface area contributed by atoms with Gasteiger partial charge >= 0.3 is 0 Å². The number of amides is 2. The molecule has 0 aromatic carbocycles. The van der Waals surface area contributed by atoms with Crippen LogP contribution in [-0.4, -0.2) is 40.9 Å². The SMILES string of the molecule is CCn1cc(Br)cc1C(=O)N1CCC2(CC1)CNC(=O)C2. The Kier molecular flexibility index (Phi) is 3.82. The number of aryl methyl sites for hydroxylation is 1. The van der Waals surface area contributed by atoms with Gasteiger partial charge in [0.05, 0.1) is 0 Å². The van der Waals surface area contributed by atoms with Crippen LogP contribution in [0.2, 0.25) is 0 Å². The molecule has 2 amide bonds. The third-order valence-electron chi connectivity index (χ3n) is 4.73. The number of piperidine rings is 1. The summed E-state index contributed by atoms with van der Waals surface area (Å²) in [6.45, 7) is 5.05. The van der Waals surface area contributed by atoms with E-state index in [1.807, 2.05) is 28.7 Å². The molecule has 1 spiro atoms. The predicted molar refractivity (Wildman–Crippen MR) is 83.0 cm³/mol. The molecule has 21 heavy (non-hydrogen) atoms. The predicted octanol–water partition coefficient (Wildman–Crippen LogP) is 2.01. The third kappa shape index (κ3) is 2.73. The molecule has 2 aliphatic heterocycles. The van der Waals surface area contributed by atoms with Gasteiger partial charge in [0.15, 0.2) is 0 Å². The monoisotopic (exact) mass is 353 g/mol. The Labute approximate surface area is 132 Å². The molecule has 1 aromatic rings. The quantitative estimate of drug-likeness (QED) is 0.884. The van der Waals surface area contributed by atoms with E-state index in [0.29, 0.717) is 6.42 Å². The standard InChI is InChI=1S/C15H20BrN3O2/c1-2-18-9-11(16)7-12(18)14(21)19-5-3-15(4-6-19)8-13(20)17-10-15/h7,9H,2-6,8,10H2,1H3,(H,17,20). The molecule has 3 rings (SSSR count). The summed E-state index contributed by atoms with van der Waals surface area (Å²) in [4.78, 5) is 26.0. The van der Waals surface area contributed by atoms with E-state index in [9.17, 15) is 9.59 Å². The number of carbonyl (C=O) groups excluding carboxylic acids is 2. The molecule has 0 radical (unpaired) electrons. The van der Waals surface area contributed by atoms with Crippen LogP contribution in [0.1, 0.15) is 36.7 Å². The molecule has 2 fully saturated rings. The van der Waals surface area contributed by atoms with Gasteiger partial charge in [0.25, 0.3) is 5.91 Å². The lowest BCUT2D eigenvalue weighted by Crippen LogP contribution is -2.44. The maximum atomic E-state index is 12.7. The fraction of sp³-hybridized carbons (Fsp3) is 0.600. The molecule has 114 valence electrons. The molecule has 6 heteroatoms. The summed E-state index contributed by atoms with van der Waals surface area (Å²) in [6, 6.07) is 1.89. The van der Waals surface area contributed by atoms with Gasteiger partial charge in [0, 0.05) is 43.3 Å². The van der Waals surface area contributed by atoms with E-state index in [-0.39, 0.29) is 17.2 Å². The summed E-state index contributed by atoms with van der Waals surface area (Å²) in [7, 11) is 0. The molecule has 0 aliphatic carbocycles. The van der Waals surface area contributed by atoms with Crippen LogP contribution in [-0.2, 0) is 11.3 Å². The first-order valence-electron chi connectivity index (χ1n) is 7.45. The molecule has 1 aromatic heterocycles. The van der Waals surface area contributed by atoms with E-state index >= 15 is 0 Å². The van der Waals surface area contributed by atoms with E-state index in [0.717, 1.165) is 49.2 Å². The number of likely N-dealkylation sites (tertiary alicyclic amines) is 1. The lowest BCUT2D eigenvalue weighted by molar-refractivity contribution is -0.119. The minimum Gasteiger partial charge on any atom is -0.356 e. The molecule has 2 aliphatic rings. The summed E-state index contributed by atoms with van der Waals surface area (Å²) >= 11 is 3.43. The van der Waals surface area contributed by atoms with Gasteiger partial charge in [-0.05, 0) is 47.2 Å². The molecule has 5 nitrogen and oxygen atoms in total. The van der Waals surface area contributed by atoms with Gasteiger partial charge in [-0.2, -0.15) is 0 Å². The Morgan fingerprint density at radius 2 is 2.14 bits per heavy atom. The van der Waals surface area contributed by atoms with Crippen molar-refractivity contribution < 1.29 is 9.59 Å². The van der Waals surface area contributed by atoms with Gasteiger partial charge in [-0.25, -0.2) is 0 Å². The lowest BCUT2D eigenvalue weighted by atomic mass is 9.77. The van der Waals surface area contributed by atoms with Gasteiger partial charge in [-0.1, -0.05) is 0 Å². The molecule has 0 unspecified atom stereocenters. The Morgan fingerprint density at radius 1 is 1.43 bits per heavy atom. The third-order valence-corrected chi connectivity index (χ3v) is 5.16. The number of nitrogens with one attached hydrogen (secondary N) is 1. The van der Waals surface area contributed by atoms with Gasteiger partial charge in [0.2, 0.25) is 5.91 Å².